The van der Waals surface area contributed by atoms with E-state index in [1.807, 2.05) is 26.0 Å². The van der Waals surface area contributed by atoms with Gasteiger partial charge in [-0.2, -0.15) is 0 Å². The van der Waals surface area contributed by atoms with Crippen molar-refractivity contribution in [1.82, 2.24) is 0 Å². The fraction of sp³-hybridized carbons (Fsp3) is 0.368. The van der Waals surface area contributed by atoms with Gasteiger partial charge in [0.2, 0.25) is 0 Å². The van der Waals surface area contributed by atoms with Gasteiger partial charge in [-0.15, -0.1) is 5.92 Å². The molecule has 0 saturated heterocycles. The molecule has 1 fully saturated rings. The number of rotatable bonds is 2. The normalized spacial score (nSPS) is 20.2. The Kier molecular flexibility index (Phi) is 5.07. The van der Waals surface area contributed by atoms with Crippen LogP contribution in [0.25, 0.3) is 0 Å². The lowest BCUT2D eigenvalue weighted by atomic mass is 9.86. The van der Waals surface area contributed by atoms with Gasteiger partial charge in [0.05, 0.1) is 0 Å². The fourth-order valence-corrected chi connectivity index (χ4v) is 3.22. The molecule has 0 aromatic heterocycles. The minimum absolute atomic E-state index is 0.0214. The molecule has 2 atom stereocenters. The van der Waals surface area contributed by atoms with Crippen LogP contribution in [0, 0.1) is 42.9 Å². The molecule has 2 nitrogen and oxygen atoms in total. The zero-order valence-corrected chi connectivity index (χ0v) is 13.7. The quantitative estimate of drug-likeness (QED) is 0.618. The second-order valence-electron chi connectivity index (χ2n) is 5.58. The van der Waals surface area contributed by atoms with E-state index in [0.717, 1.165) is 22.3 Å². The van der Waals surface area contributed by atoms with Crippen LogP contribution in [-0.4, -0.2) is 11.6 Å². The minimum atomic E-state index is -0.661. The van der Waals surface area contributed by atoms with Crippen molar-refractivity contribution in [1.29, 1.82) is 0 Å². The molecule has 3 heteroatoms. The van der Waals surface area contributed by atoms with Gasteiger partial charge in [0.25, 0.3) is 0 Å². The summed E-state index contributed by atoms with van der Waals surface area (Å²) in [5, 5.41) is 2.27. The van der Waals surface area contributed by atoms with E-state index in [0.29, 0.717) is 6.42 Å². The monoisotopic (exact) mass is 312 g/mol. The average molecular weight is 313 g/mol. The van der Waals surface area contributed by atoms with Crippen molar-refractivity contribution in [3.63, 3.8) is 0 Å². The van der Waals surface area contributed by atoms with Gasteiger partial charge >= 0.3 is 0 Å². The Morgan fingerprint density at radius 1 is 1.23 bits per heavy atom. The SMILES string of the molecule is CC#Cc1cc(C)c(C2C(=O)CC(CC#CCl)C2=O)c(C)c1. The predicted octanol–water partition coefficient (Wildman–Crippen LogP) is 3.51. The topological polar surface area (TPSA) is 34.1 Å². The second kappa shape index (κ2) is 6.82. The lowest BCUT2D eigenvalue weighted by molar-refractivity contribution is -0.124. The number of carbonyl (C=O) groups excluding carboxylic acids is 2. The molecule has 1 aliphatic carbocycles. The van der Waals surface area contributed by atoms with E-state index in [-0.39, 0.29) is 23.9 Å². The van der Waals surface area contributed by atoms with E-state index in [1.54, 1.807) is 6.92 Å². The van der Waals surface area contributed by atoms with Gasteiger partial charge in [0.15, 0.2) is 5.78 Å². The number of Topliss-reactive ketones (excluding diaryl/α,β-unsaturated/α-hetero) is 2. The molecule has 0 radical (unpaired) electrons. The van der Waals surface area contributed by atoms with Gasteiger partial charge in [0.1, 0.15) is 11.7 Å². The van der Waals surface area contributed by atoms with Crippen LogP contribution in [0.4, 0.5) is 0 Å². The number of hydrogen-bond acceptors (Lipinski definition) is 2. The molecule has 0 heterocycles. The van der Waals surface area contributed by atoms with Crippen LogP contribution < -0.4 is 0 Å². The van der Waals surface area contributed by atoms with Crippen molar-refractivity contribution in [2.24, 2.45) is 5.92 Å². The van der Waals surface area contributed by atoms with Crippen LogP contribution in [0.2, 0.25) is 0 Å². The molecule has 0 N–H and O–H groups in total. The molecular formula is C19H17ClO2. The van der Waals surface area contributed by atoms with Gasteiger partial charge in [-0.1, -0.05) is 11.8 Å². The largest absolute Gasteiger partial charge is 0.298 e. The number of hydrogen-bond donors (Lipinski definition) is 0. The lowest BCUT2D eigenvalue weighted by Crippen LogP contribution is -2.17. The molecule has 1 aromatic carbocycles. The zero-order chi connectivity index (χ0) is 16.3. The van der Waals surface area contributed by atoms with Crippen LogP contribution in [0.1, 0.15) is 47.9 Å². The van der Waals surface area contributed by atoms with E-state index in [2.05, 4.69) is 23.1 Å². The maximum Gasteiger partial charge on any atom is 0.152 e. The summed E-state index contributed by atoms with van der Waals surface area (Å²) in [6, 6.07) is 3.87. The first-order chi connectivity index (χ1) is 10.5. The maximum atomic E-state index is 12.6. The van der Waals surface area contributed by atoms with Gasteiger partial charge in [0, 0.05) is 29.7 Å². The Labute approximate surface area is 136 Å². The highest BCUT2D eigenvalue weighted by molar-refractivity contribution is 6.30. The molecule has 112 valence electrons. The number of benzene rings is 1. The minimum Gasteiger partial charge on any atom is -0.298 e. The van der Waals surface area contributed by atoms with Crippen molar-refractivity contribution in [3.05, 3.63) is 34.4 Å². The highest BCUT2D eigenvalue weighted by atomic mass is 35.5. The van der Waals surface area contributed by atoms with Crippen molar-refractivity contribution in [3.8, 4) is 23.1 Å². The molecular weight excluding hydrogens is 296 g/mol. The molecule has 22 heavy (non-hydrogen) atoms. The molecule has 2 rings (SSSR count). The number of carbonyl (C=O) groups is 2. The zero-order valence-electron chi connectivity index (χ0n) is 12.9. The van der Waals surface area contributed by atoms with Crippen molar-refractivity contribution >= 4 is 23.2 Å². The molecule has 1 aromatic rings. The summed E-state index contributed by atoms with van der Waals surface area (Å²) in [5.41, 5.74) is 3.61. The van der Waals surface area contributed by atoms with E-state index in [1.165, 1.54) is 0 Å². The van der Waals surface area contributed by atoms with E-state index >= 15 is 0 Å². The van der Waals surface area contributed by atoms with E-state index in [4.69, 9.17) is 11.6 Å². The summed E-state index contributed by atoms with van der Waals surface area (Å²) >= 11 is 5.34. The summed E-state index contributed by atoms with van der Waals surface area (Å²) < 4.78 is 0. The highest BCUT2D eigenvalue weighted by Crippen LogP contribution is 2.37. The van der Waals surface area contributed by atoms with Crippen molar-refractivity contribution < 1.29 is 9.59 Å². The van der Waals surface area contributed by atoms with Gasteiger partial charge in [-0.3, -0.25) is 9.59 Å². The smallest absolute Gasteiger partial charge is 0.152 e. The first-order valence-corrected chi connectivity index (χ1v) is 7.56. The Morgan fingerprint density at radius 2 is 1.86 bits per heavy atom. The molecule has 0 bridgehead atoms. The molecule has 1 saturated carbocycles. The summed E-state index contributed by atoms with van der Waals surface area (Å²) in [4.78, 5) is 24.9. The Hall–Kier alpha value is -2.03. The number of ketones is 2. The summed E-state index contributed by atoms with van der Waals surface area (Å²) in [5.74, 6) is 7.51. The number of halogens is 1. The van der Waals surface area contributed by atoms with Crippen molar-refractivity contribution in [2.45, 2.75) is 39.5 Å². The third kappa shape index (κ3) is 3.08. The Morgan fingerprint density at radius 3 is 2.41 bits per heavy atom. The molecule has 0 aliphatic heterocycles. The third-order valence-electron chi connectivity index (χ3n) is 4.02. The van der Waals surface area contributed by atoms with E-state index < -0.39 is 5.92 Å². The fourth-order valence-electron chi connectivity index (χ4n) is 3.14. The lowest BCUT2D eigenvalue weighted by Gasteiger charge is -2.15. The Balaban J connectivity index is 2.42. The Bertz CT molecular complexity index is 730. The molecule has 0 amide bonds. The average Bonchev–Trinajstić information content (AvgIpc) is 2.72. The maximum absolute atomic E-state index is 12.6. The van der Waals surface area contributed by atoms with Gasteiger partial charge in [-0.05, 0) is 61.2 Å². The summed E-state index contributed by atoms with van der Waals surface area (Å²) in [6.45, 7) is 5.64. The molecule has 1 aliphatic rings. The molecule has 2 unspecified atom stereocenters. The van der Waals surface area contributed by atoms with Crippen LogP contribution >= 0.6 is 11.6 Å². The molecule has 0 spiro atoms. The summed E-state index contributed by atoms with van der Waals surface area (Å²) in [6.07, 6.45) is 0.604. The van der Waals surface area contributed by atoms with Crippen LogP contribution in [0.5, 0.6) is 0 Å². The van der Waals surface area contributed by atoms with Crippen LogP contribution in [0.3, 0.4) is 0 Å². The third-order valence-corrected chi connectivity index (χ3v) is 4.16. The first-order valence-electron chi connectivity index (χ1n) is 7.18. The van der Waals surface area contributed by atoms with Crippen molar-refractivity contribution in [2.75, 3.05) is 0 Å². The first kappa shape index (κ1) is 16.3. The highest BCUT2D eigenvalue weighted by Gasteiger charge is 2.42. The van der Waals surface area contributed by atoms with Crippen LogP contribution in [-0.2, 0) is 9.59 Å². The second-order valence-corrected chi connectivity index (χ2v) is 5.77. The van der Waals surface area contributed by atoms with Gasteiger partial charge < -0.3 is 0 Å². The summed E-state index contributed by atoms with van der Waals surface area (Å²) in [7, 11) is 0. The standard InChI is InChI=1S/C19H17ClO2/c1-4-6-14-9-12(2)17(13(3)10-14)18-16(21)11-15(19(18)22)7-5-8-20/h9-10,15,18H,7,11H2,1-3H3. The number of aryl methyl sites for hydroxylation is 2. The van der Waals surface area contributed by atoms with E-state index in [9.17, 15) is 9.59 Å². The van der Waals surface area contributed by atoms with Gasteiger partial charge in [-0.25, -0.2) is 0 Å². The van der Waals surface area contributed by atoms with Crippen LogP contribution in [0.15, 0.2) is 12.1 Å². The predicted molar refractivity (Wildman–Crippen MR) is 87.6 cm³/mol.